The Kier molecular flexibility index (Phi) is 5.90. The predicted molar refractivity (Wildman–Crippen MR) is 75.3 cm³/mol. The van der Waals surface area contributed by atoms with E-state index < -0.39 is 24.1 Å². The van der Waals surface area contributed by atoms with Crippen LogP contribution in [0.1, 0.15) is 31.0 Å². The molecule has 0 saturated carbocycles. The first kappa shape index (κ1) is 16.7. The highest BCUT2D eigenvalue weighted by molar-refractivity contribution is 5.81. The number of benzene rings is 1. The van der Waals surface area contributed by atoms with E-state index in [9.17, 15) is 14.4 Å². The molecule has 6 nitrogen and oxygen atoms in total. The molecule has 0 aliphatic rings. The Hall–Kier alpha value is -2.37. The van der Waals surface area contributed by atoms with Gasteiger partial charge in [0.05, 0.1) is 7.11 Å². The van der Waals surface area contributed by atoms with Gasteiger partial charge in [-0.25, -0.2) is 4.79 Å². The van der Waals surface area contributed by atoms with Crippen LogP contribution in [-0.4, -0.2) is 31.1 Å². The van der Waals surface area contributed by atoms with Gasteiger partial charge in [0.1, 0.15) is 6.04 Å². The average molecular weight is 293 g/mol. The quantitative estimate of drug-likeness (QED) is 0.827. The molecule has 0 aliphatic carbocycles. The maximum atomic E-state index is 11.9. The van der Waals surface area contributed by atoms with Gasteiger partial charge in [0, 0.05) is 13.8 Å². The number of carbonyl (C=O) groups is 3. The number of nitrogens with one attached hydrogen (secondary N) is 1. The van der Waals surface area contributed by atoms with Crippen molar-refractivity contribution in [3.63, 3.8) is 0 Å². The van der Waals surface area contributed by atoms with Crippen LogP contribution in [0.25, 0.3) is 0 Å². The van der Waals surface area contributed by atoms with Crippen LogP contribution in [0.2, 0.25) is 0 Å². The highest BCUT2D eigenvalue weighted by Gasteiger charge is 2.34. The van der Waals surface area contributed by atoms with Gasteiger partial charge in [-0.1, -0.05) is 29.8 Å². The lowest BCUT2D eigenvalue weighted by molar-refractivity contribution is -0.167. The third-order valence-corrected chi connectivity index (χ3v) is 2.82. The lowest BCUT2D eigenvalue weighted by Gasteiger charge is -2.25. The first-order valence-corrected chi connectivity index (χ1v) is 6.44. The summed E-state index contributed by atoms with van der Waals surface area (Å²) in [6, 6.07) is 6.39. The molecule has 0 fully saturated rings. The molecule has 0 heterocycles. The highest BCUT2D eigenvalue weighted by Crippen LogP contribution is 2.21. The molecule has 2 unspecified atom stereocenters. The van der Waals surface area contributed by atoms with Gasteiger partial charge in [-0.05, 0) is 12.5 Å². The van der Waals surface area contributed by atoms with Crippen LogP contribution in [0.15, 0.2) is 24.3 Å². The summed E-state index contributed by atoms with van der Waals surface area (Å²) in [6.45, 7) is 4.43. The van der Waals surface area contributed by atoms with Gasteiger partial charge in [-0.3, -0.25) is 9.59 Å². The fraction of sp³-hybridized carbons (Fsp3) is 0.400. The van der Waals surface area contributed by atoms with E-state index in [2.05, 4.69) is 10.1 Å². The van der Waals surface area contributed by atoms with E-state index in [1.54, 1.807) is 12.1 Å². The van der Waals surface area contributed by atoms with Gasteiger partial charge in [0.15, 0.2) is 0 Å². The van der Waals surface area contributed by atoms with Crippen LogP contribution in [0, 0.1) is 6.92 Å². The van der Waals surface area contributed by atoms with Gasteiger partial charge in [-0.15, -0.1) is 0 Å². The molecule has 21 heavy (non-hydrogen) atoms. The molecule has 0 aliphatic heterocycles. The third kappa shape index (κ3) is 4.91. The maximum Gasteiger partial charge on any atom is 0.349 e. The monoisotopic (exact) mass is 293 g/mol. The summed E-state index contributed by atoms with van der Waals surface area (Å²) in [5.41, 5.74) is 1.68. The molecule has 1 N–H and O–H groups in total. The van der Waals surface area contributed by atoms with Crippen LogP contribution in [-0.2, 0) is 23.9 Å². The summed E-state index contributed by atoms with van der Waals surface area (Å²) in [5.74, 6) is -1.71. The molecule has 1 aromatic carbocycles. The number of amides is 1. The smallest absolute Gasteiger partial charge is 0.349 e. The van der Waals surface area contributed by atoms with E-state index >= 15 is 0 Å². The molecule has 0 saturated heterocycles. The minimum absolute atomic E-state index is 0.346. The van der Waals surface area contributed by atoms with Gasteiger partial charge in [0.25, 0.3) is 0 Å². The molecule has 1 rings (SSSR count). The Morgan fingerprint density at radius 3 is 2.10 bits per heavy atom. The van der Waals surface area contributed by atoms with Crippen molar-refractivity contribution in [2.45, 2.75) is 32.9 Å². The van der Waals surface area contributed by atoms with Gasteiger partial charge >= 0.3 is 11.9 Å². The molecular formula is C15H19NO5. The Morgan fingerprint density at radius 2 is 1.67 bits per heavy atom. The van der Waals surface area contributed by atoms with Gasteiger partial charge in [-0.2, -0.15) is 0 Å². The van der Waals surface area contributed by atoms with Crippen molar-refractivity contribution in [3.8, 4) is 0 Å². The molecule has 0 spiro atoms. The zero-order valence-corrected chi connectivity index (χ0v) is 12.5. The second-order valence-electron chi connectivity index (χ2n) is 4.64. The summed E-state index contributed by atoms with van der Waals surface area (Å²) in [4.78, 5) is 34.5. The molecule has 2 atom stereocenters. The van der Waals surface area contributed by atoms with E-state index in [0.29, 0.717) is 5.56 Å². The van der Waals surface area contributed by atoms with E-state index in [-0.39, 0.29) is 5.91 Å². The second kappa shape index (κ2) is 7.42. The van der Waals surface area contributed by atoms with Gasteiger partial charge in [0.2, 0.25) is 12.0 Å². The zero-order valence-electron chi connectivity index (χ0n) is 12.5. The number of carbonyl (C=O) groups excluding carboxylic acids is 3. The molecule has 6 heteroatoms. The third-order valence-electron chi connectivity index (χ3n) is 2.82. The van der Waals surface area contributed by atoms with Crippen molar-refractivity contribution >= 4 is 17.8 Å². The highest BCUT2D eigenvalue weighted by atomic mass is 16.6. The predicted octanol–water partition coefficient (Wildman–Crippen LogP) is 1.28. The van der Waals surface area contributed by atoms with E-state index in [4.69, 9.17) is 4.74 Å². The molecule has 1 aromatic rings. The number of esters is 2. The minimum atomic E-state index is -1.24. The Bertz CT molecular complexity index is 523. The standard InChI is InChI=1S/C15H19NO5/c1-9-5-7-12(8-6-9)13(16-10(2)17)14(15(19)20-4)21-11(3)18/h5-8,13-14H,1-4H3,(H,16,17). The van der Waals surface area contributed by atoms with E-state index in [1.807, 2.05) is 19.1 Å². The molecule has 0 radical (unpaired) electrons. The number of aryl methyl sites for hydroxylation is 1. The Labute approximate surface area is 123 Å². The number of rotatable bonds is 5. The minimum Gasteiger partial charge on any atom is -0.466 e. The van der Waals surface area contributed by atoms with Crippen LogP contribution >= 0.6 is 0 Å². The maximum absolute atomic E-state index is 11.9. The van der Waals surface area contributed by atoms with Crippen LogP contribution < -0.4 is 5.32 Å². The summed E-state index contributed by atoms with van der Waals surface area (Å²) < 4.78 is 9.68. The fourth-order valence-electron chi connectivity index (χ4n) is 1.87. The lowest BCUT2D eigenvalue weighted by Crippen LogP contribution is -2.42. The lowest BCUT2D eigenvalue weighted by atomic mass is 10.00. The van der Waals surface area contributed by atoms with Crippen LogP contribution in [0.3, 0.4) is 0 Å². The topological polar surface area (TPSA) is 81.7 Å². The first-order valence-electron chi connectivity index (χ1n) is 6.44. The van der Waals surface area contributed by atoms with E-state index in [0.717, 1.165) is 5.56 Å². The van der Waals surface area contributed by atoms with Crippen molar-refractivity contribution in [1.29, 1.82) is 0 Å². The normalized spacial score (nSPS) is 13.0. The van der Waals surface area contributed by atoms with E-state index in [1.165, 1.54) is 21.0 Å². The zero-order chi connectivity index (χ0) is 16.0. The summed E-state index contributed by atoms with van der Waals surface area (Å²) in [7, 11) is 1.19. The molecular weight excluding hydrogens is 274 g/mol. The first-order chi connectivity index (χ1) is 9.85. The largest absolute Gasteiger partial charge is 0.466 e. The Morgan fingerprint density at radius 1 is 1.10 bits per heavy atom. The number of ether oxygens (including phenoxy) is 2. The molecule has 0 aromatic heterocycles. The summed E-state index contributed by atoms with van der Waals surface area (Å²) in [6.07, 6.45) is -1.24. The molecule has 114 valence electrons. The molecule has 0 bridgehead atoms. The average Bonchev–Trinajstić information content (AvgIpc) is 2.42. The van der Waals surface area contributed by atoms with Crippen LogP contribution in [0.5, 0.6) is 0 Å². The Balaban J connectivity index is 3.18. The molecule has 1 amide bonds. The summed E-state index contributed by atoms with van der Waals surface area (Å²) in [5, 5.41) is 2.62. The van der Waals surface area contributed by atoms with Crippen molar-refractivity contribution in [3.05, 3.63) is 35.4 Å². The number of hydrogen-bond donors (Lipinski definition) is 1. The SMILES string of the molecule is COC(=O)C(OC(C)=O)C(NC(C)=O)c1ccc(C)cc1. The van der Waals surface area contributed by atoms with Crippen molar-refractivity contribution in [2.24, 2.45) is 0 Å². The number of methoxy groups -OCH3 is 1. The van der Waals surface area contributed by atoms with Gasteiger partial charge < -0.3 is 14.8 Å². The fourth-order valence-corrected chi connectivity index (χ4v) is 1.87. The van der Waals surface area contributed by atoms with Crippen LogP contribution in [0.4, 0.5) is 0 Å². The van der Waals surface area contributed by atoms with Crippen molar-refractivity contribution in [1.82, 2.24) is 5.32 Å². The summed E-state index contributed by atoms with van der Waals surface area (Å²) >= 11 is 0. The van der Waals surface area contributed by atoms with Crippen molar-refractivity contribution < 1.29 is 23.9 Å². The second-order valence-corrected chi connectivity index (χ2v) is 4.64. The number of hydrogen-bond acceptors (Lipinski definition) is 5. The van der Waals surface area contributed by atoms with Crippen molar-refractivity contribution in [2.75, 3.05) is 7.11 Å².